The standard InChI is InChI=1S/C17H23FO2S/c1-16(19,10-13-2-4-15(18)5-3-13)14-6-8-20-17(11-14)7-9-21-12-17/h2-5,14,19H,6-12H2,1H3. The lowest BCUT2D eigenvalue weighted by atomic mass is 9.74. The van der Waals surface area contributed by atoms with Gasteiger partial charge in [-0.3, -0.25) is 0 Å². The van der Waals surface area contributed by atoms with Gasteiger partial charge in [0.15, 0.2) is 0 Å². The van der Waals surface area contributed by atoms with Crippen LogP contribution in [0.4, 0.5) is 4.39 Å². The zero-order valence-electron chi connectivity index (χ0n) is 12.5. The summed E-state index contributed by atoms with van der Waals surface area (Å²) in [6.45, 7) is 2.66. The van der Waals surface area contributed by atoms with Crippen LogP contribution < -0.4 is 0 Å². The number of hydrogen-bond acceptors (Lipinski definition) is 3. The second-order valence-electron chi connectivity index (χ2n) is 6.68. The second kappa shape index (κ2) is 5.90. The van der Waals surface area contributed by atoms with E-state index < -0.39 is 5.60 Å². The first-order chi connectivity index (χ1) is 9.99. The van der Waals surface area contributed by atoms with Gasteiger partial charge in [0, 0.05) is 18.8 Å². The Labute approximate surface area is 130 Å². The number of ether oxygens (including phenoxy) is 1. The summed E-state index contributed by atoms with van der Waals surface area (Å²) >= 11 is 1.95. The molecule has 0 aromatic heterocycles. The smallest absolute Gasteiger partial charge is 0.123 e. The molecule has 3 rings (SSSR count). The predicted molar refractivity (Wildman–Crippen MR) is 84.1 cm³/mol. The zero-order chi connectivity index (χ0) is 14.9. The molecular weight excluding hydrogens is 287 g/mol. The molecule has 4 heteroatoms. The number of thioether (sulfide) groups is 1. The van der Waals surface area contributed by atoms with E-state index >= 15 is 0 Å². The SMILES string of the molecule is CC(O)(Cc1ccc(F)cc1)C1CCOC2(CCSC2)C1. The van der Waals surface area contributed by atoms with Crippen LogP contribution in [0.5, 0.6) is 0 Å². The molecule has 0 aliphatic carbocycles. The average Bonchev–Trinajstić information content (AvgIpc) is 2.89. The van der Waals surface area contributed by atoms with Crippen LogP contribution in [0.25, 0.3) is 0 Å². The highest BCUT2D eigenvalue weighted by molar-refractivity contribution is 7.99. The lowest BCUT2D eigenvalue weighted by molar-refractivity contribution is -0.126. The van der Waals surface area contributed by atoms with E-state index in [1.807, 2.05) is 18.7 Å². The summed E-state index contributed by atoms with van der Waals surface area (Å²) in [5.74, 6) is 2.23. The largest absolute Gasteiger partial charge is 0.390 e. The fraction of sp³-hybridized carbons (Fsp3) is 0.647. The first-order valence-electron chi connectivity index (χ1n) is 7.68. The molecule has 0 bridgehead atoms. The minimum Gasteiger partial charge on any atom is -0.390 e. The van der Waals surface area contributed by atoms with Gasteiger partial charge < -0.3 is 9.84 Å². The molecule has 2 aliphatic rings. The Morgan fingerprint density at radius 2 is 2.19 bits per heavy atom. The Morgan fingerprint density at radius 3 is 2.86 bits per heavy atom. The highest BCUT2D eigenvalue weighted by Crippen LogP contribution is 2.44. The molecular formula is C17H23FO2S. The quantitative estimate of drug-likeness (QED) is 0.927. The van der Waals surface area contributed by atoms with Crippen molar-refractivity contribution in [2.75, 3.05) is 18.1 Å². The third kappa shape index (κ3) is 3.43. The summed E-state index contributed by atoms with van der Waals surface area (Å²) in [5, 5.41) is 10.9. The molecule has 0 radical (unpaired) electrons. The average molecular weight is 310 g/mol. The zero-order valence-corrected chi connectivity index (χ0v) is 13.3. The normalized spacial score (nSPS) is 32.2. The van der Waals surface area contributed by atoms with Crippen molar-refractivity contribution in [3.63, 3.8) is 0 Å². The number of hydrogen-bond donors (Lipinski definition) is 1. The Balaban J connectivity index is 1.70. The Hall–Kier alpha value is -0.580. The fourth-order valence-electron chi connectivity index (χ4n) is 3.58. The van der Waals surface area contributed by atoms with Crippen molar-refractivity contribution < 1.29 is 14.2 Å². The van der Waals surface area contributed by atoms with E-state index in [1.165, 1.54) is 12.1 Å². The molecule has 116 valence electrons. The summed E-state index contributed by atoms with van der Waals surface area (Å²) in [6.07, 6.45) is 3.51. The van der Waals surface area contributed by atoms with Crippen LogP contribution >= 0.6 is 11.8 Å². The van der Waals surface area contributed by atoms with Crippen molar-refractivity contribution in [2.45, 2.75) is 43.8 Å². The van der Waals surface area contributed by atoms with Crippen molar-refractivity contribution in [1.29, 1.82) is 0 Å². The molecule has 1 aromatic rings. The van der Waals surface area contributed by atoms with Gasteiger partial charge in [-0.15, -0.1) is 0 Å². The third-order valence-electron chi connectivity index (χ3n) is 4.91. The summed E-state index contributed by atoms with van der Waals surface area (Å²) in [6, 6.07) is 6.46. The molecule has 1 aromatic carbocycles. The lowest BCUT2D eigenvalue weighted by Crippen LogP contribution is -2.48. The van der Waals surface area contributed by atoms with E-state index in [0.717, 1.165) is 42.9 Å². The van der Waals surface area contributed by atoms with Crippen molar-refractivity contribution in [2.24, 2.45) is 5.92 Å². The van der Waals surface area contributed by atoms with Gasteiger partial charge in [-0.1, -0.05) is 12.1 Å². The van der Waals surface area contributed by atoms with Crippen LogP contribution in [0.2, 0.25) is 0 Å². The lowest BCUT2D eigenvalue weighted by Gasteiger charge is -2.43. The minimum absolute atomic E-state index is 0.0135. The maximum Gasteiger partial charge on any atom is 0.123 e. The van der Waals surface area contributed by atoms with Crippen LogP contribution in [-0.4, -0.2) is 34.4 Å². The Morgan fingerprint density at radius 1 is 1.43 bits per heavy atom. The summed E-state index contributed by atoms with van der Waals surface area (Å²) < 4.78 is 19.0. The van der Waals surface area contributed by atoms with Gasteiger partial charge in [-0.2, -0.15) is 11.8 Å². The molecule has 3 atom stereocenters. The molecule has 2 saturated heterocycles. The molecule has 1 N–H and O–H groups in total. The van der Waals surface area contributed by atoms with Gasteiger partial charge in [0.25, 0.3) is 0 Å². The maximum atomic E-state index is 13.0. The molecule has 0 amide bonds. The van der Waals surface area contributed by atoms with Crippen LogP contribution in [-0.2, 0) is 11.2 Å². The van der Waals surface area contributed by atoms with Gasteiger partial charge in [0.2, 0.25) is 0 Å². The van der Waals surface area contributed by atoms with Crippen molar-refractivity contribution in [3.8, 4) is 0 Å². The molecule has 3 unspecified atom stereocenters. The molecule has 2 nitrogen and oxygen atoms in total. The highest BCUT2D eigenvalue weighted by Gasteiger charge is 2.45. The van der Waals surface area contributed by atoms with Crippen LogP contribution in [0, 0.1) is 11.7 Å². The van der Waals surface area contributed by atoms with Crippen LogP contribution in [0.1, 0.15) is 31.7 Å². The van der Waals surface area contributed by atoms with Crippen LogP contribution in [0.3, 0.4) is 0 Å². The molecule has 2 heterocycles. The summed E-state index contributed by atoms with van der Waals surface area (Å²) in [7, 11) is 0. The van der Waals surface area contributed by atoms with Crippen molar-refractivity contribution >= 4 is 11.8 Å². The molecule has 1 spiro atoms. The van der Waals surface area contributed by atoms with Gasteiger partial charge >= 0.3 is 0 Å². The third-order valence-corrected chi connectivity index (χ3v) is 6.14. The predicted octanol–water partition coefficient (Wildman–Crippen LogP) is 3.42. The van der Waals surface area contributed by atoms with Gasteiger partial charge in [-0.25, -0.2) is 4.39 Å². The van der Waals surface area contributed by atoms with E-state index in [9.17, 15) is 9.50 Å². The highest BCUT2D eigenvalue weighted by atomic mass is 32.2. The second-order valence-corrected chi connectivity index (χ2v) is 7.79. The fourth-order valence-corrected chi connectivity index (χ4v) is 4.96. The monoisotopic (exact) mass is 310 g/mol. The van der Waals surface area contributed by atoms with E-state index in [0.29, 0.717) is 6.42 Å². The van der Waals surface area contributed by atoms with E-state index in [1.54, 1.807) is 12.1 Å². The van der Waals surface area contributed by atoms with Gasteiger partial charge in [-0.05, 0) is 55.6 Å². The number of benzene rings is 1. The topological polar surface area (TPSA) is 29.5 Å². The molecule has 2 aliphatic heterocycles. The summed E-state index contributed by atoms with van der Waals surface area (Å²) in [5.41, 5.74) is 0.213. The maximum absolute atomic E-state index is 13.0. The first-order valence-corrected chi connectivity index (χ1v) is 8.83. The number of halogens is 1. The van der Waals surface area contributed by atoms with Crippen LogP contribution in [0.15, 0.2) is 24.3 Å². The van der Waals surface area contributed by atoms with E-state index in [-0.39, 0.29) is 17.3 Å². The summed E-state index contributed by atoms with van der Waals surface area (Å²) in [4.78, 5) is 0. The number of aliphatic hydroxyl groups is 1. The van der Waals surface area contributed by atoms with E-state index in [2.05, 4.69) is 0 Å². The number of rotatable bonds is 3. The van der Waals surface area contributed by atoms with Gasteiger partial charge in [0.05, 0.1) is 11.2 Å². The van der Waals surface area contributed by atoms with Gasteiger partial charge in [0.1, 0.15) is 5.82 Å². The van der Waals surface area contributed by atoms with Crippen molar-refractivity contribution in [1.82, 2.24) is 0 Å². The minimum atomic E-state index is -0.762. The van der Waals surface area contributed by atoms with Crippen molar-refractivity contribution in [3.05, 3.63) is 35.6 Å². The first kappa shape index (κ1) is 15.3. The Kier molecular flexibility index (Phi) is 4.30. The molecule has 0 saturated carbocycles. The van der Waals surface area contributed by atoms with E-state index in [4.69, 9.17) is 4.74 Å². The Bertz CT molecular complexity index is 480. The molecule has 21 heavy (non-hydrogen) atoms. The molecule has 2 fully saturated rings.